The van der Waals surface area contributed by atoms with Crippen LogP contribution in [0.2, 0.25) is 0 Å². The van der Waals surface area contributed by atoms with Crippen molar-refractivity contribution < 1.29 is 14.4 Å². The lowest BCUT2D eigenvalue weighted by atomic mass is 9.73. The molecule has 3 amide bonds. The minimum Gasteiger partial charge on any atom is -0.322 e. The number of imide groups is 1. The molecule has 1 aliphatic carbocycles. The van der Waals surface area contributed by atoms with Crippen LogP contribution < -0.4 is 16.0 Å². The summed E-state index contributed by atoms with van der Waals surface area (Å²) in [6.07, 6.45) is 3.39. The summed E-state index contributed by atoms with van der Waals surface area (Å²) in [5.41, 5.74) is 2.72. The number of benzene rings is 1. The molecular formula is C21H26N4O3. The molecule has 4 unspecified atom stereocenters. The molecule has 2 saturated heterocycles. The molecule has 1 aromatic rings. The third kappa shape index (κ3) is 3.02. The van der Waals surface area contributed by atoms with E-state index in [0.717, 1.165) is 42.6 Å². The Bertz CT molecular complexity index is 839. The van der Waals surface area contributed by atoms with Crippen molar-refractivity contribution in [2.24, 2.45) is 11.8 Å². The molecule has 0 spiro atoms. The highest BCUT2D eigenvalue weighted by atomic mass is 16.2. The quantitative estimate of drug-likeness (QED) is 0.647. The van der Waals surface area contributed by atoms with Crippen LogP contribution in [0.5, 0.6) is 0 Å². The summed E-state index contributed by atoms with van der Waals surface area (Å²) in [4.78, 5) is 38.0. The number of fused-ring (bicyclic) bond motifs is 2. The second-order valence-corrected chi connectivity index (χ2v) is 8.54. The molecule has 0 radical (unpaired) electrons. The first kappa shape index (κ1) is 17.8. The Morgan fingerprint density at radius 3 is 2.79 bits per heavy atom. The average Bonchev–Trinajstić information content (AvgIpc) is 3.11. The third-order valence-corrected chi connectivity index (χ3v) is 6.92. The highest BCUT2D eigenvalue weighted by molar-refractivity contribution is 6.05. The van der Waals surface area contributed by atoms with E-state index in [1.54, 1.807) is 4.90 Å². The van der Waals surface area contributed by atoms with Crippen molar-refractivity contribution >= 4 is 17.7 Å². The largest absolute Gasteiger partial charge is 0.322 e. The highest BCUT2D eigenvalue weighted by Crippen LogP contribution is 2.40. The summed E-state index contributed by atoms with van der Waals surface area (Å²) in [6, 6.07) is 6.01. The number of piperidine rings is 1. The van der Waals surface area contributed by atoms with E-state index in [4.69, 9.17) is 0 Å². The number of carbonyl (C=O) groups is 3. The Morgan fingerprint density at radius 2 is 2.04 bits per heavy atom. The van der Waals surface area contributed by atoms with Gasteiger partial charge in [-0.3, -0.25) is 19.7 Å². The first-order chi connectivity index (χ1) is 13.6. The summed E-state index contributed by atoms with van der Waals surface area (Å²) in [5, 5.41) is 9.49. The fourth-order valence-corrected chi connectivity index (χ4v) is 5.14. The van der Waals surface area contributed by atoms with Crippen LogP contribution in [0.1, 0.15) is 47.2 Å². The van der Waals surface area contributed by atoms with Crippen LogP contribution in [0, 0.1) is 11.8 Å². The van der Waals surface area contributed by atoms with E-state index in [1.807, 2.05) is 12.1 Å². The standard InChI is InChI=1S/C21H26N4O3/c26-19-6-5-18(20(27)24-19)25-11-14-2-1-12(7-16(14)21(25)28)8-22-10-17-15-4-3-13(15)9-23-17/h1-2,7,13,15,17-18,22-23H,3-6,8-11H2,(H,24,26,27). The van der Waals surface area contributed by atoms with Crippen molar-refractivity contribution in [1.82, 2.24) is 20.9 Å². The van der Waals surface area contributed by atoms with Crippen LogP contribution in [0.25, 0.3) is 0 Å². The normalized spacial score (nSPS) is 31.4. The van der Waals surface area contributed by atoms with Gasteiger partial charge in [-0.2, -0.15) is 0 Å². The fourth-order valence-electron chi connectivity index (χ4n) is 5.14. The lowest BCUT2D eigenvalue weighted by molar-refractivity contribution is -0.136. The van der Waals surface area contributed by atoms with Gasteiger partial charge in [-0.05, 0) is 54.8 Å². The van der Waals surface area contributed by atoms with Crippen molar-refractivity contribution in [2.45, 2.75) is 50.9 Å². The lowest BCUT2D eigenvalue weighted by Gasteiger charge is -2.33. The molecule has 4 atom stereocenters. The average molecular weight is 382 g/mol. The summed E-state index contributed by atoms with van der Waals surface area (Å²) in [6.45, 7) is 3.27. The van der Waals surface area contributed by atoms with Crippen molar-refractivity contribution in [3.05, 3.63) is 34.9 Å². The van der Waals surface area contributed by atoms with Gasteiger partial charge in [0.15, 0.2) is 0 Å². The van der Waals surface area contributed by atoms with Crippen molar-refractivity contribution in [3.8, 4) is 0 Å². The summed E-state index contributed by atoms with van der Waals surface area (Å²) in [7, 11) is 0. The van der Waals surface area contributed by atoms with Crippen LogP contribution >= 0.6 is 0 Å². The number of hydrogen-bond donors (Lipinski definition) is 3. The van der Waals surface area contributed by atoms with Crippen LogP contribution in [-0.2, 0) is 22.7 Å². The van der Waals surface area contributed by atoms with Crippen molar-refractivity contribution in [2.75, 3.05) is 13.1 Å². The molecular weight excluding hydrogens is 356 g/mol. The number of amides is 3. The number of nitrogens with zero attached hydrogens (tertiary/aromatic N) is 1. The molecule has 4 aliphatic rings. The summed E-state index contributed by atoms with van der Waals surface area (Å²) >= 11 is 0. The van der Waals surface area contributed by atoms with E-state index in [9.17, 15) is 14.4 Å². The molecule has 3 N–H and O–H groups in total. The van der Waals surface area contributed by atoms with Gasteiger partial charge in [-0.25, -0.2) is 0 Å². The zero-order chi connectivity index (χ0) is 19.3. The van der Waals surface area contributed by atoms with Crippen molar-refractivity contribution in [1.29, 1.82) is 0 Å². The second kappa shape index (κ2) is 6.97. The maximum Gasteiger partial charge on any atom is 0.255 e. The number of carbonyl (C=O) groups excluding carboxylic acids is 3. The van der Waals surface area contributed by atoms with Crippen LogP contribution in [-0.4, -0.2) is 47.8 Å². The van der Waals surface area contributed by atoms with Gasteiger partial charge in [0.2, 0.25) is 11.8 Å². The molecule has 3 fully saturated rings. The molecule has 148 valence electrons. The van der Waals surface area contributed by atoms with E-state index < -0.39 is 6.04 Å². The maximum atomic E-state index is 12.9. The minimum absolute atomic E-state index is 0.110. The molecule has 7 heteroatoms. The highest BCUT2D eigenvalue weighted by Gasteiger charge is 2.41. The van der Waals surface area contributed by atoms with E-state index in [-0.39, 0.29) is 24.1 Å². The zero-order valence-corrected chi connectivity index (χ0v) is 15.9. The predicted molar refractivity (Wildman–Crippen MR) is 102 cm³/mol. The van der Waals surface area contributed by atoms with Crippen molar-refractivity contribution in [3.63, 3.8) is 0 Å². The third-order valence-electron chi connectivity index (χ3n) is 6.92. The monoisotopic (exact) mass is 382 g/mol. The first-order valence-corrected chi connectivity index (χ1v) is 10.3. The Balaban J connectivity index is 1.21. The van der Waals surface area contributed by atoms with Gasteiger partial charge in [-0.1, -0.05) is 12.1 Å². The van der Waals surface area contributed by atoms with Gasteiger partial charge in [0.05, 0.1) is 0 Å². The Labute approximate surface area is 164 Å². The zero-order valence-electron chi connectivity index (χ0n) is 15.9. The molecule has 1 aromatic carbocycles. The van der Waals surface area contributed by atoms with Crippen LogP contribution in [0.3, 0.4) is 0 Å². The van der Waals surface area contributed by atoms with E-state index >= 15 is 0 Å². The number of nitrogens with one attached hydrogen (secondary N) is 3. The van der Waals surface area contributed by atoms with E-state index in [1.165, 1.54) is 12.8 Å². The van der Waals surface area contributed by atoms with Gasteiger partial charge < -0.3 is 15.5 Å². The molecule has 0 bridgehead atoms. The van der Waals surface area contributed by atoms with Crippen LogP contribution in [0.15, 0.2) is 18.2 Å². The molecule has 0 aromatic heterocycles. The number of rotatable bonds is 5. The van der Waals surface area contributed by atoms with E-state index in [2.05, 4.69) is 22.0 Å². The molecule has 3 heterocycles. The summed E-state index contributed by atoms with van der Waals surface area (Å²) < 4.78 is 0. The van der Waals surface area contributed by atoms with Crippen LogP contribution in [0.4, 0.5) is 0 Å². The SMILES string of the molecule is O=C1CCC(N2Cc3ccc(CNCC4NCC5CCC54)cc3C2=O)C(=O)N1. The lowest BCUT2D eigenvalue weighted by Crippen LogP contribution is -2.52. The van der Waals surface area contributed by atoms with Gasteiger partial charge in [0.25, 0.3) is 5.91 Å². The predicted octanol–water partition coefficient (Wildman–Crippen LogP) is 0.535. The molecule has 1 saturated carbocycles. The first-order valence-electron chi connectivity index (χ1n) is 10.3. The Hall–Kier alpha value is -2.25. The van der Waals surface area contributed by atoms with Gasteiger partial charge in [0.1, 0.15) is 6.04 Å². The van der Waals surface area contributed by atoms with E-state index in [0.29, 0.717) is 24.6 Å². The number of hydrogen-bond acceptors (Lipinski definition) is 5. The Kier molecular flexibility index (Phi) is 4.44. The maximum absolute atomic E-state index is 12.9. The van der Waals surface area contributed by atoms with Gasteiger partial charge in [0, 0.05) is 37.7 Å². The molecule has 3 aliphatic heterocycles. The molecule has 7 nitrogen and oxygen atoms in total. The second-order valence-electron chi connectivity index (χ2n) is 8.54. The Morgan fingerprint density at radius 1 is 1.14 bits per heavy atom. The smallest absolute Gasteiger partial charge is 0.255 e. The summed E-state index contributed by atoms with van der Waals surface area (Å²) in [5.74, 6) is 0.973. The molecule has 28 heavy (non-hydrogen) atoms. The fraction of sp³-hybridized carbons (Fsp3) is 0.571. The topological polar surface area (TPSA) is 90.5 Å². The minimum atomic E-state index is -0.553. The van der Waals surface area contributed by atoms with Gasteiger partial charge >= 0.3 is 0 Å². The molecule has 5 rings (SSSR count). The van der Waals surface area contributed by atoms with Gasteiger partial charge in [-0.15, -0.1) is 0 Å².